The van der Waals surface area contributed by atoms with Gasteiger partial charge >= 0.3 is 0 Å². The summed E-state index contributed by atoms with van der Waals surface area (Å²) in [4.78, 5) is 28.8. The van der Waals surface area contributed by atoms with Gasteiger partial charge < -0.3 is 19.0 Å². The number of benzene rings is 1. The number of nitrogens with zero attached hydrogens (tertiary/aromatic N) is 2. The minimum absolute atomic E-state index is 0.0142. The highest BCUT2D eigenvalue weighted by Crippen LogP contribution is 2.36. The SMILES string of the molecule is CC(c1ccco1)N(C(=O)CCN1C(=O)COc2ccccc21)C1CC1. The molecule has 1 aliphatic heterocycles. The second-order valence-corrected chi connectivity index (χ2v) is 6.78. The highest BCUT2D eigenvalue weighted by molar-refractivity contribution is 5.98. The van der Waals surface area contributed by atoms with Gasteiger partial charge in [0.15, 0.2) is 6.61 Å². The second-order valence-electron chi connectivity index (χ2n) is 6.78. The fourth-order valence-corrected chi connectivity index (χ4v) is 3.49. The van der Waals surface area contributed by atoms with Crippen LogP contribution in [0.3, 0.4) is 0 Å². The average molecular weight is 354 g/mol. The van der Waals surface area contributed by atoms with Crippen LogP contribution >= 0.6 is 0 Å². The molecule has 1 fully saturated rings. The Kier molecular flexibility index (Phi) is 4.41. The second kappa shape index (κ2) is 6.86. The maximum atomic E-state index is 12.9. The molecule has 0 saturated heterocycles. The quantitative estimate of drug-likeness (QED) is 0.799. The fourth-order valence-electron chi connectivity index (χ4n) is 3.49. The van der Waals surface area contributed by atoms with E-state index < -0.39 is 0 Å². The Labute approximate surface area is 152 Å². The first-order chi connectivity index (χ1) is 12.6. The van der Waals surface area contributed by atoms with E-state index in [-0.39, 0.29) is 36.9 Å². The van der Waals surface area contributed by atoms with Gasteiger partial charge in [0.25, 0.3) is 5.91 Å². The first kappa shape index (κ1) is 16.7. The first-order valence-corrected chi connectivity index (χ1v) is 9.02. The van der Waals surface area contributed by atoms with Crippen LogP contribution in [0.1, 0.15) is 38.0 Å². The number of para-hydroxylation sites is 2. The summed E-state index contributed by atoms with van der Waals surface area (Å²) in [6.07, 6.45) is 3.96. The Bertz CT molecular complexity index is 798. The van der Waals surface area contributed by atoms with E-state index in [1.165, 1.54) is 0 Å². The molecule has 6 heteroatoms. The standard InChI is InChI=1S/C20H22N2O4/c1-14(17-7-4-12-25-17)22(15-8-9-15)19(23)10-11-21-16-5-2-3-6-18(16)26-13-20(21)24/h2-7,12,14-15H,8-11,13H2,1H3. The van der Waals surface area contributed by atoms with Crippen LogP contribution in [0, 0.1) is 0 Å². The van der Waals surface area contributed by atoms with Crippen LogP contribution in [-0.2, 0) is 9.59 Å². The summed E-state index contributed by atoms with van der Waals surface area (Å²) in [5.41, 5.74) is 0.730. The van der Waals surface area contributed by atoms with Gasteiger partial charge in [0, 0.05) is 19.0 Å². The summed E-state index contributed by atoms with van der Waals surface area (Å²) in [6, 6.07) is 11.3. The van der Waals surface area contributed by atoms with Crippen molar-refractivity contribution < 1.29 is 18.7 Å². The minimum atomic E-state index is -0.117. The number of amides is 2. The van der Waals surface area contributed by atoms with Gasteiger partial charge in [0.2, 0.25) is 5.91 Å². The smallest absolute Gasteiger partial charge is 0.265 e. The number of anilines is 1. The molecule has 0 spiro atoms. The number of hydrogen-bond donors (Lipinski definition) is 0. The molecule has 136 valence electrons. The van der Waals surface area contributed by atoms with Gasteiger partial charge in [-0.1, -0.05) is 12.1 Å². The molecule has 1 aliphatic carbocycles. The maximum Gasteiger partial charge on any atom is 0.265 e. The summed E-state index contributed by atoms with van der Waals surface area (Å²) in [5.74, 6) is 1.40. The maximum absolute atomic E-state index is 12.9. The Morgan fingerprint density at radius 2 is 2.08 bits per heavy atom. The number of furan rings is 1. The van der Waals surface area contributed by atoms with Crippen molar-refractivity contribution in [3.8, 4) is 5.75 Å². The molecule has 2 amide bonds. The van der Waals surface area contributed by atoms with Crippen molar-refractivity contribution in [1.29, 1.82) is 0 Å². The summed E-state index contributed by atoms with van der Waals surface area (Å²) < 4.78 is 10.9. The lowest BCUT2D eigenvalue weighted by Crippen LogP contribution is -2.42. The van der Waals surface area contributed by atoms with E-state index in [4.69, 9.17) is 9.15 Å². The van der Waals surface area contributed by atoms with Crippen molar-refractivity contribution in [2.24, 2.45) is 0 Å². The summed E-state index contributed by atoms with van der Waals surface area (Å²) >= 11 is 0. The molecule has 0 N–H and O–H groups in total. The van der Waals surface area contributed by atoms with Gasteiger partial charge in [-0.15, -0.1) is 0 Å². The Balaban J connectivity index is 1.47. The van der Waals surface area contributed by atoms with Crippen molar-refractivity contribution in [3.63, 3.8) is 0 Å². The number of carbonyl (C=O) groups is 2. The summed E-state index contributed by atoms with van der Waals surface area (Å²) in [7, 11) is 0. The molecule has 6 nitrogen and oxygen atoms in total. The van der Waals surface area contributed by atoms with Gasteiger partial charge in [0.1, 0.15) is 11.5 Å². The molecule has 2 aromatic rings. The molecule has 1 unspecified atom stereocenters. The van der Waals surface area contributed by atoms with Gasteiger partial charge in [-0.2, -0.15) is 0 Å². The predicted molar refractivity (Wildman–Crippen MR) is 95.9 cm³/mol. The number of carbonyl (C=O) groups excluding carboxylic acids is 2. The molecule has 1 aromatic carbocycles. The third kappa shape index (κ3) is 3.19. The highest BCUT2D eigenvalue weighted by Gasteiger charge is 2.37. The van der Waals surface area contributed by atoms with Crippen LogP contribution in [0.15, 0.2) is 47.1 Å². The Morgan fingerprint density at radius 3 is 2.81 bits per heavy atom. The molecule has 0 bridgehead atoms. The topological polar surface area (TPSA) is 63.0 Å². The van der Waals surface area contributed by atoms with Crippen molar-refractivity contribution in [2.45, 2.75) is 38.3 Å². The lowest BCUT2D eigenvalue weighted by atomic mass is 10.1. The van der Waals surface area contributed by atoms with Gasteiger partial charge in [0.05, 0.1) is 18.0 Å². The van der Waals surface area contributed by atoms with Gasteiger partial charge in [-0.05, 0) is 44.0 Å². The van der Waals surface area contributed by atoms with E-state index in [1.54, 1.807) is 11.2 Å². The molecule has 1 saturated carbocycles. The number of fused-ring (bicyclic) bond motifs is 1. The number of ether oxygens (including phenoxy) is 1. The largest absolute Gasteiger partial charge is 0.482 e. The lowest BCUT2D eigenvalue weighted by Gasteiger charge is -2.31. The fraction of sp³-hybridized carbons (Fsp3) is 0.400. The zero-order valence-electron chi connectivity index (χ0n) is 14.8. The van der Waals surface area contributed by atoms with Crippen LogP contribution in [0.2, 0.25) is 0 Å². The monoisotopic (exact) mass is 354 g/mol. The molecular formula is C20H22N2O4. The Hall–Kier alpha value is -2.76. The van der Waals surface area contributed by atoms with E-state index in [9.17, 15) is 9.59 Å². The van der Waals surface area contributed by atoms with Crippen LogP contribution in [0.25, 0.3) is 0 Å². The molecule has 1 atom stereocenters. The number of rotatable bonds is 6. The van der Waals surface area contributed by atoms with Gasteiger partial charge in [-0.3, -0.25) is 9.59 Å². The lowest BCUT2D eigenvalue weighted by molar-refractivity contribution is -0.134. The normalized spacial score (nSPS) is 17.4. The van der Waals surface area contributed by atoms with Crippen LogP contribution in [0.5, 0.6) is 5.75 Å². The van der Waals surface area contributed by atoms with E-state index in [1.807, 2.05) is 48.2 Å². The van der Waals surface area contributed by atoms with E-state index in [2.05, 4.69) is 0 Å². The zero-order chi connectivity index (χ0) is 18.1. The predicted octanol–water partition coefficient (Wildman–Crippen LogP) is 3.15. The third-order valence-corrected chi connectivity index (χ3v) is 4.96. The summed E-state index contributed by atoms with van der Waals surface area (Å²) in [6.45, 7) is 2.36. The average Bonchev–Trinajstić information content (AvgIpc) is 3.32. The molecule has 2 heterocycles. The molecular weight excluding hydrogens is 332 g/mol. The summed E-state index contributed by atoms with van der Waals surface area (Å²) in [5, 5.41) is 0. The Morgan fingerprint density at radius 1 is 1.27 bits per heavy atom. The molecule has 4 rings (SSSR count). The van der Waals surface area contributed by atoms with Crippen molar-refractivity contribution >= 4 is 17.5 Å². The molecule has 26 heavy (non-hydrogen) atoms. The van der Waals surface area contributed by atoms with E-state index in [0.717, 1.165) is 24.3 Å². The molecule has 0 radical (unpaired) electrons. The van der Waals surface area contributed by atoms with Crippen molar-refractivity contribution in [1.82, 2.24) is 4.90 Å². The van der Waals surface area contributed by atoms with Crippen molar-refractivity contribution in [3.05, 3.63) is 48.4 Å². The highest BCUT2D eigenvalue weighted by atomic mass is 16.5. The molecule has 1 aromatic heterocycles. The minimum Gasteiger partial charge on any atom is -0.482 e. The molecule has 2 aliphatic rings. The van der Waals surface area contributed by atoms with Crippen molar-refractivity contribution in [2.75, 3.05) is 18.1 Å². The van der Waals surface area contributed by atoms with Crippen LogP contribution in [0.4, 0.5) is 5.69 Å². The zero-order valence-corrected chi connectivity index (χ0v) is 14.8. The van der Waals surface area contributed by atoms with Gasteiger partial charge in [-0.25, -0.2) is 0 Å². The van der Waals surface area contributed by atoms with Crippen LogP contribution < -0.4 is 9.64 Å². The van der Waals surface area contributed by atoms with Crippen LogP contribution in [-0.4, -0.2) is 35.9 Å². The van der Waals surface area contributed by atoms with E-state index in [0.29, 0.717) is 12.3 Å². The first-order valence-electron chi connectivity index (χ1n) is 9.02. The third-order valence-electron chi connectivity index (χ3n) is 4.96. The number of hydrogen-bond acceptors (Lipinski definition) is 4. The van der Waals surface area contributed by atoms with E-state index >= 15 is 0 Å².